The number of carbonyl (C=O) groups is 2. The number of benzene rings is 1. The Bertz CT molecular complexity index is 770. The normalized spacial score (nSPS) is 20.8. The van der Waals surface area contributed by atoms with Gasteiger partial charge in [0.15, 0.2) is 0 Å². The predicted molar refractivity (Wildman–Crippen MR) is 110 cm³/mol. The second-order valence-corrected chi connectivity index (χ2v) is 8.98. The fraction of sp³-hybridized carbons (Fsp3) is 0.652. The van der Waals surface area contributed by atoms with Crippen LogP contribution in [0.2, 0.25) is 0 Å². The predicted octanol–water partition coefficient (Wildman–Crippen LogP) is 4.21. The molecule has 30 heavy (non-hydrogen) atoms. The quantitative estimate of drug-likeness (QED) is 0.777. The van der Waals surface area contributed by atoms with Crippen molar-refractivity contribution in [2.45, 2.75) is 76.4 Å². The Morgan fingerprint density at radius 1 is 1.00 bits per heavy atom. The van der Waals surface area contributed by atoms with Crippen molar-refractivity contribution in [2.75, 3.05) is 13.1 Å². The van der Waals surface area contributed by atoms with Crippen molar-refractivity contribution in [1.82, 2.24) is 15.1 Å². The molecule has 2 aliphatic carbocycles. The summed E-state index contributed by atoms with van der Waals surface area (Å²) < 4.78 is 27.2. The number of nitrogens with one attached hydrogen (secondary N) is 1. The van der Waals surface area contributed by atoms with E-state index in [2.05, 4.69) is 5.32 Å². The SMILES string of the molecule is O=C(C1CCCCC1)N1CCC(NC(=O)N(Cc2ccc(F)cc2F)C2CC2)CC1. The first-order valence-electron chi connectivity index (χ1n) is 11.3. The molecule has 1 N–H and O–H groups in total. The summed E-state index contributed by atoms with van der Waals surface area (Å²) in [6.45, 7) is 1.49. The molecule has 0 unspecified atom stereocenters. The van der Waals surface area contributed by atoms with Gasteiger partial charge in [-0.25, -0.2) is 13.6 Å². The molecule has 5 nitrogen and oxygen atoms in total. The van der Waals surface area contributed by atoms with Gasteiger partial charge in [-0.2, -0.15) is 0 Å². The summed E-state index contributed by atoms with van der Waals surface area (Å²) in [5.74, 6) is -0.775. The van der Waals surface area contributed by atoms with E-state index in [4.69, 9.17) is 0 Å². The Labute approximate surface area is 176 Å². The minimum Gasteiger partial charge on any atom is -0.342 e. The third-order valence-corrected chi connectivity index (χ3v) is 6.69. The first-order valence-corrected chi connectivity index (χ1v) is 11.3. The smallest absolute Gasteiger partial charge is 0.318 e. The summed E-state index contributed by atoms with van der Waals surface area (Å²) in [6.07, 6.45) is 8.84. The van der Waals surface area contributed by atoms with Gasteiger partial charge in [-0.1, -0.05) is 25.3 Å². The number of hydrogen-bond donors (Lipinski definition) is 1. The number of carbonyl (C=O) groups excluding carboxylic acids is 2. The monoisotopic (exact) mass is 419 g/mol. The van der Waals surface area contributed by atoms with Crippen LogP contribution in [0.3, 0.4) is 0 Å². The van der Waals surface area contributed by atoms with Gasteiger partial charge in [0.2, 0.25) is 5.91 Å². The Morgan fingerprint density at radius 3 is 2.33 bits per heavy atom. The molecule has 0 aromatic heterocycles. The molecule has 3 aliphatic rings. The first-order chi connectivity index (χ1) is 14.5. The lowest BCUT2D eigenvalue weighted by Gasteiger charge is -2.36. The zero-order valence-corrected chi connectivity index (χ0v) is 17.4. The van der Waals surface area contributed by atoms with E-state index in [1.165, 1.54) is 18.6 Å². The summed E-state index contributed by atoms with van der Waals surface area (Å²) >= 11 is 0. The van der Waals surface area contributed by atoms with Crippen molar-refractivity contribution < 1.29 is 18.4 Å². The molecule has 3 amide bonds. The van der Waals surface area contributed by atoms with Crippen molar-refractivity contribution in [3.8, 4) is 0 Å². The average molecular weight is 420 g/mol. The number of nitrogens with zero attached hydrogens (tertiary/aromatic N) is 2. The van der Waals surface area contributed by atoms with Crippen LogP contribution in [0.25, 0.3) is 0 Å². The molecule has 164 valence electrons. The zero-order chi connectivity index (χ0) is 21.1. The Morgan fingerprint density at radius 2 is 1.70 bits per heavy atom. The van der Waals surface area contributed by atoms with Crippen molar-refractivity contribution in [3.05, 3.63) is 35.4 Å². The van der Waals surface area contributed by atoms with Gasteiger partial charge in [0.1, 0.15) is 11.6 Å². The maximum Gasteiger partial charge on any atom is 0.318 e. The van der Waals surface area contributed by atoms with Crippen LogP contribution in [0.15, 0.2) is 18.2 Å². The van der Waals surface area contributed by atoms with Crippen molar-refractivity contribution in [3.63, 3.8) is 0 Å². The maximum atomic E-state index is 14.1. The summed E-state index contributed by atoms with van der Waals surface area (Å²) in [7, 11) is 0. The molecule has 4 rings (SSSR count). The number of rotatable bonds is 5. The van der Waals surface area contributed by atoms with Crippen LogP contribution in [-0.4, -0.2) is 46.9 Å². The topological polar surface area (TPSA) is 52.7 Å². The summed E-state index contributed by atoms with van der Waals surface area (Å²) in [4.78, 5) is 29.2. The molecule has 1 aromatic carbocycles. The zero-order valence-electron chi connectivity index (χ0n) is 17.4. The third kappa shape index (κ3) is 5.10. The highest BCUT2D eigenvalue weighted by Gasteiger charge is 2.35. The average Bonchev–Trinajstić information content (AvgIpc) is 3.59. The minimum atomic E-state index is -0.622. The van der Waals surface area contributed by atoms with E-state index in [1.807, 2.05) is 4.90 Å². The summed E-state index contributed by atoms with van der Waals surface area (Å²) in [6, 6.07) is 3.42. The van der Waals surface area contributed by atoms with Gasteiger partial charge in [0.05, 0.1) is 6.54 Å². The number of hydrogen-bond acceptors (Lipinski definition) is 2. The van der Waals surface area contributed by atoms with Gasteiger partial charge in [-0.05, 0) is 44.6 Å². The lowest BCUT2D eigenvalue weighted by molar-refractivity contribution is -0.137. The van der Waals surface area contributed by atoms with Crippen LogP contribution in [0, 0.1) is 17.6 Å². The molecule has 2 saturated carbocycles. The molecule has 1 saturated heterocycles. The molecule has 0 spiro atoms. The van der Waals surface area contributed by atoms with Gasteiger partial charge in [0.25, 0.3) is 0 Å². The van der Waals surface area contributed by atoms with Crippen LogP contribution in [0.5, 0.6) is 0 Å². The second kappa shape index (κ2) is 9.31. The molecule has 7 heteroatoms. The standard InChI is InChI=1S/C23H31F2N3O2/c24-18-7-6-17(21(25)14-18)15-28(20-8-9-20)23(30)26-19-10-12-27(13-11-19)22(29)16-4-2-1-3-5-16/h6-7,14,16,19-20H,1-5,8-13,15H2,(H,26,30). The lowest BCUT2D eigenvalue weighted by atomic mass is 9.87. The Kier molecular flexibility index (Phi) is 6.54. The first kappa shape index (κ1) is 21.1. The highest BCUT2D eigenvalue weighted by atomic mass is 19.1. The van der Waals surface area contributed by atoms with Crippen LogP contribution in [-0.2, 0) is 11.3 Å². The van der Waals surface area contributed by atoms with Crippen molar-refractivity contribution in [2.24, 2.45) is 5.92 Å². The summed E-state index contributed by atoms with van der Waals surface area (Å²) in [5, 5.41) is 3.08. The number of likely N-dealkylation sites (tertiary alicyclic amines) is 1. The maximum absolute atomic E-state index is 14.1. The van der Waals surface area contributed by atoms with Crippen molar-refractivity contribution >= 4 is 11.9 Å². The fourth-order valence-electron chi connectivity index (χ4n) is 4.70. The highest BCUT2D eigenvalue weighted by Crippen LogP contribution is 2.30. The van der Waals surface area contributed by atoms with E-state index in [9.17, 15) is 18.4 Å². The second-order valence-electron chi connectivity index (χ2n) is 8.98. The highest BCUT2D eigenvalue weighted by molar-refractivity contribution is 5.79. The molecule has 0 bridgehead atoms. The number of urea groups is 1. The van der Waals surface area contributed by atoms with Gasteiger partial charge in [-0.15, -0.1) is 0 Å². The number of piperidine rings is 1. The third-order valence-electron chi connectivity index (χ3n) is 6.69. The molecule has 0 atom stereocenters. The van der Waals surface area contributed by atoms with Crippen LogP contribution in [0.1, 0.15) is 63.4 Å². The largest absolute Gasteiger partial charge is 0.342 e. The van der Waals surface area contributed by atoms with E-state index in [-0.39, 0.29) is 36.5 Å². The Balaban J connectivity index is 1.29. The van der Waals surface area contributed by atoms with Crippen molar-refractivity contribution in [1.29, 1.82) is 0 Å². The van der Waals surface area contributed by atoms with Gasteiger partial charge in [0, 0.05) is 42.7 Å². The molecule has 3 fully saturated rings. The van der Waals surface area contributed by atoms with E-state index < -0.39 is 11.6 Å². The van der Waals surface area contributed by atoms with Gasteiger partial charge < -0.3 is 15.1 Å². The van der Waals surface area contributed by atoms with Gasteiger partial charge >= 0.3 is 6.03 Å². The molecule has 1 aromatic rings. The minimum absolute atomic E-state index is 0.0206. The number of halogens is 2. The Hall–Kier alpha value is -2.18. The van der Waals surface area contributed by atoms with Crippen LogP contribution < -0.4 is 5.32 Å². The fourth-order valence-corrected chi connectivity index (χ4v) is 4.70. The van der Waals surface area contributed by atoms with E-state index in [0.717, 1.165) is 57.4 Å². The van der Waals surface area contributed by atoms with E-state index in [0.29, 0.717) is 18.7 Å². The molecule has 1 aliphatic heterocycles. The molecule has 1 heterocycles. The number of amides is 3. The van der Waals surface area contributed by atoms with Crippen LogP contribution in [0.4, 0.5) is 13.6 Å². The molecular weight excluding hydrogens is 388 g/mol. The van der Waals surface area contributed by atoms with Crippen LogP contribution >= 0.6 is 0 Å². The van der Waals surface area contributed by atoms with E-state index in [1.54, 1.807) is 4.90 Å². The lowest BCUT2D eigenvalue weighted by Crippen LogP contribution is -2.51. The van der Waals surface area contributed by atoms with Gasteiger partial charge in [-0.3, -0.25) is 4.79 Å². The summed E-state index contributed by atoms with van der Waals surface area (Å²) in [5.41, 5.74) is 0.325. The van der Waals surface area contributed by atoms with E-state index >= 15 is 0 Å². The molecular formula is C23H31F2N3O2. The molecule has 0 radical (unpaired) electrons.